The largest absolute Gasteiger partial charge is 0.497 e. The number of hydrogen-bond donors (Lipinski definition) is 0. The summed E-state index contributed by atoms with van der Waals surface area (Å²) in [6.07, 6.45) is 0. The smallest absolute Gasteiger partial charge is 0.343 e. The Morgan fingerprint density at radius 1 is 0.846 bits per heavy atom. The van der Waals surface area contributed by atoms with Crippen molar-refractivity contribution in [1.82, 2.24) is 0 Å². The van der Waals surface area contributed by atoms with Crippen molar-refractivity contribution in [3.63, 3.8) is 0 Å². The zero-order valence-electron chi connectivity index (χ0n) is 13.9. The maximum absolute atomic E-state index is 13.1. The van der Waals surface area contributed by atoms with E-state index in [2.05, 4.69) is 10.2 Å². The number of hydrogen-bond acceptors (Lipinski definition) is 5. The summed E-state index contributed by atoms with van der Waals surface area (Å²) < 4.78 is 23.3. The van der Waals surface area contributed by atoms with Crippen LogP contribution in [0.5, 0.6) is 11.5 Å². The number of carbonyl (C=O) groups is 1. The van der Waals surface area contributed by atoms with E-state index in [0.717, 1.165) is 11.8 Å². The Morgan fingerprint density at radius 2 is 1.46 bits per heavy atom. The molecule has 3 aromatic carbocycles. The molecule has 0 saturated carbocycles. The predicted octanol–water partition coefficient (Wildman–Crippen LogP) is 5.47. The molecule has 26 heavy (non-hydrogen) atoms. The van der Waals surface area contributed by atoms with Crippen LogP contribution < -0.4 is 9.47 Å². The number of carbonyl (C=O) groups excluding carboxylic acids is 1. The fraction of sp³-hybridized carbons (Fsp3) is 0.0500. The lowest BCUT2D eigenvalue weighted by atomic mass is 10.2. The van der Waals surface area contributed by atoms with Crippen LogP contribution in [0, 0.1) is 5.82 Å². The van der Waals surface area contributed by atoms with E-state index >= 15 is 0 Å². The topological polar surface area (TPSA) is 60.2 Å². The molecule has 0 aromatic heterocycles. The van der Waals surface area contributed by atoms with Crippen LogP contribution in [-0.4, -0.2) is 13.1 Å². The van der Waals surface area contributed by atoms with Gasteiger partial charge in [0.2, 0.25) is 0 Å². The number of halogens is 1. The molecule has 6 heteroatoms. The number of rotatable bonds is 5. The van der Waals surface area contributed by atoms with Gasteiger partial charge >= 0.3 is 5.97 Å². The minimum atomic E-state index is -0.575. The molecular formula is C20H15FN2O3. The number of nitrogens with zero attached hydrogens (tertiary/aromatic N) is 2. The molecule has 0 bridgehead atoms. The van der Waals surface area contributed by atoms with Crippen LogP contribution >= 0.6 is 0 Å². The lowest BCUT2D eigenvalue weighted by molar-refractivity contribution is 0.0734. The van der Waals surface area contributed by atoms with E-state index in [1.165, 1.54) is 18.2 Å². The molecule has 0 fully saturated rings. The van der Waals surface area contributed by atoms with Crippen molar-refractivity contribution in [2.75, 3.05) is 7.11 Å². The minimum absolute atomic E-state index is 0.151. The SMILES string of the molecule is COc1ccc(N=Nc2ccc(C(=O)Oc3cccc(F)c3)cc2)cc1. The van der Waals surface area contributed by atoms with E-state index < -0.39 is 11.8 Å². The quantitative estimate of drug-likeness (QED) is 0.348. The summed E-state index contributed by atoms with van der Waals surface area (Å²) in [5.74, 6) is -0.151. The Hall–Kier alpha value is -3.54. The van der Waals surface area contributed by atoms with Gasteiger partial charge in [0.1, 0.15) is 17.3 Å². The second-order valence-corrected chi connectivity index (χ2v) is 5.29. The lowest BCUT2D eigenvalue weighted by Crippen LogP contribution is -2.08. The molecule has 3 aromatic rings. The molecule has 0 saturated heterocycles. The normalized spacial score (nSPS) is 10.7. The van der Waals surface area contributed by atoms with Crippen molar-refractivity contribution in [2.45, 2.75) is 0 Å². The van der Waals surface area contributed by atoms with Gasteiger partial charge in [-0.15, -0.1) is 0 Å². The summed E-state index contributed by atoms with van der Waals surface area (Å²) in [6.45, 7) is 0. The average Bonchev–Trinajstić information content (AvgIpc) is 2.67. The molecule has 0 aliphatic rings. The standard InChI is InChI=1S/C20H15FN2O3/c1-25-18-11-9-17(10-12-18)23-22-16-7-5-14(6-8-16)20(24)26-19-4-2-3-15(21)13-19/h2-13H,1H3. The van der Waals surface area contributed by atoms with Gasteiger partial charge in [-0.25, -0.2) is 9.18 Å². The molecule has 0 atom stereocenters. The highest BCUT2D eigenvalue weighted by atomic mass is 19.1. The van der Waals surface area contributed by atoms with Crippen LogP contribution in [0.25, 0.3) is 0 Å². The van der Waals surface area contributed by atoms with Gasteiger partial charge in [-0.2, -0.15) is 10.2 Å². The predicted molar refractivity (Wildman–Crippen MR) is 95.0 cm³/mol. The lowest BCUT2D eigenvalue weighted by Gasteiger charge is -2.04. The summed E-state index contributed by atoms with van der Waals surface area (Å²) in [5, 5.41) is 8.23. The fourth-order valence-corrected chi connectivity index (χ4v) is 2.12. The van der Waals surface area contributed by atoms with Crippen LogP contribution in [0.2, 0.25) is 0 Å². The molecule has 0 heterocycles. The molecule has 3 rings (SSSR count). The molecule has 0 radical (unpaired) electrons. The van der Waals surface area contributed by atoms with Crippen molar-refractivity contribution in [3.8, 4) is 11.5 Å². The zero-order chi connectivity index (χ0) is 18.4. The first-order chi connectivity index (χ1) is 12.6. The molecule has 0 unspecified atom stereocenters. The van der Waals surface area contributed by atoms with E-state index in [9.17, 15) is 9.18 Å². The second-order valence-electron chi connectivity index (χ2n) is 5.29. The maximum Gasteiger partial charge on any atom is 0.343 e. The molecule has 0 aliphatic carbocycles. The minimum Gasteiger partial charge on any atom is -0.497 e. The first-order valence-corrected chi connectivity index (χ1v) is 7.78. The van der Waals surface area contributed by atoms with Crippen molar-refractivity contribution >= 4 is 17.3 Å². The fourth-order valence-electron chi connectivity index (χ4n) is 2.12. The Kier molecular flexibility index (Phi) is 5.34. The van der Waals surface area contributed by atoms with Crippen LogP contribution in [-0.2, 0) is 0 Å². The van der Waals surface area contributed by atoms with Gasteiger partial charge in [-0.1, -0.05) is 6.07 Å². The van der Waals surface area contributed by atoms with Crippen molar-refractivity contribution in [2.24, 2.45) is 10.2 Å². The first kappa shape index (κ1) is 17.3. The number of benzene rings is 3. The monoisotopic (exact) mass is 350 g/mol. The van der Waals surface area contributed by atoms with Crippen molar-refractivity contribution in [3.05, 3.63) is 84.2 Å². The van der Waals surface area contributed by atoms with Gasteiger partial charge < -0.3 is 9.47 Å². The Morgan fingerprint density at radius 3 is 2.04 bits per heavy atom. The molecular weight excluding hydrogens is 335 g/mol. The first-order valence-electron chi connectivity index (χ1n) is 7.78. The summed E-state index contributed by atoms with van der Waals surface area (Å²) in [6, 6.07) is 19.0. The summed E-state index contributed by atoms with van der Waals surface area (Å²) in [5.41, 5.74) is 1.60. The summed E-state index contributed by atoms with van der Waals surface area (Å²) in [4.78, 5) is 12.1. The van der Waals surface area contributed by atoms with Gasteiger partial charge in [0, 0.05) is 6.07 Å². The van der Waals surface area contributed by atoms with Crippen LogP contribution in [0.4, 0.5) is 15.8 Å². The van der Waals surface area contributed by atoms with Gasteiger partial charge in [-0.3, -0.25) is 0 Å². The average molecular weight is 350 g/mol. The Labute approximate surface area is 149 Å². The van der Waals surface area contributed by atoms with Gasteiger partial charge in [0.25, 0.3) is 0 Å². The van der Waals surface area contributed by atoms with E-state index in [0.29, 0.717) is 16.9 Å². The highest BCUT2D eigenvalue weighted by molar-refractivity contribution is 5.91. The van der Waals surface area contributed by atoms with Gasteiger partial charge in [-0.05, 0) is 60.7 Å². The highest BCUT2D eigenvalue weighted by Crippen LogP contribution is 2.22. The Bertz CT molecular complexity index is 923. The van der Waals surface area contributed by atoms with Crippen molar-refractivity contribution < 1.29 is 18.7 Å². The second kappa shape index (κ2) is 8.02. The molecule has 130 valence electrons. The number of methoxy groups -OCH3 is 1. The van der Waals surface area contributed by atoms with Crippen LogP contribution in [0.3, 0.4) is 0 Å². The molecule has 0 N–H and O–H groups in total. The third-order valence-corrected chi connectivity index (χ3v) is 3.46. The molecule has 0 spiro atoms. The number of esters is 1. The summed E-state index contributed by atoms with van der Waals surface area (Å²) in [7, 11) is 1.59. The Balaban J connectivity index is 1.65. The third kappa shape index (κ3) is 4.51. The van der Waals surface area contributed by atoms with Crippen LogP contribution in [0.15, 0.2) is 83.0 Å². The van der Waals surface area contributed by atoms with Crippen LogP contribution in [0.1, 0.15) is 10.4 Å². The number of azo groups is 1. The van der Waals surface area contributed by atoms with Crippen molar-refractivity contribution in [1.29, 1.82) is 0 Å². The van der Waals surface area contributed by atoms with E-state index in [-0.39, 0.29) is 5.75 Å². The summed E-state index contributed by atoms with van der Waals surface area (Å²) >= 11 is 0. The van der Waals surface area contributed by atoms with E-state index in [4.69, 9.17) is 9.47 Å². The maximum atomic E-state index is 13.1. The van der Waals surface area contributed by atoms with Gasteiger partial charge in [0.15, 0.2) is 0 Å². The molecule has 0 amide bonds. The zero-order valence-corrected chi connectivity index (χ0v) is 13.9. The number of ether oxygens (including phenoxy) is 2. The van der Waals surface area contributed by atoms with Gasteiger partial charge in [0.05, 0.1) is 24.0 Å². The van der Waals surface area contributed by atoms with E-state index in [1.54, 1.807) is 55.6 Å². The molecule has 5 nitrogen and oxygen atoms in total. The highest BCUT2D eigenvalue weighted by Gasteiger charge is 2.09. The van der Waals surface area contributed by atoms with E-state index in [1.807, 2.05) is 0 Å². The molecule has 0 aliphatic heterocycles. The third-order valence-electron chi connectivity index (χ3n) is 3.46.